The van der Waals surface area contributed by atoms with Gasteiger partial charge in [0.1, 0.15) is 0 Å². The van der Waals surface area contributed by atoms with E-state index in [0.717, 1.165) is 41.8 Å². The number of unbranched alkanes of at least 4 members (excludes halogenated alkanes) is 1. The van der Waals surface area contributed by atoms with Crippen LogP contribution in [0.15, 0.2) is 53.4 Å². The minimum Gasteiger partial charge on any atom is -0.378 e. The molecule has 2 aliphatic heterocycles. The number of benzene rings is 2. The first-order chi connectivity index (χ1) is 18.1. The van der Waals surface area contributed by atoms with E-state index >= 15 is 0 Å². The van der Waals surface area contributed by atoms with Crippen molar-refractivity contribution in [2.75, 3.05) is 31.3 Å². The van der Waals surface area contributed by atoms with Gasteiger partial charge in [-0.1, -0.05) is 30.7 Å². The minimum atomic E-state index is -3.74. The number of anilines is 1. The van der Waals surface area contributed by atoms with Crippen molar-refractivity contribution in [1.82, 2.24) is 15.5 Å². The first-order valence-corrected chi connectivity index (χ1v) is 15.5. The zero-order chi connectivity index (χ0) is 27.3. The second kappa shape index (κ2) is 12.4. The molecule has 11 heteroatoms. The Hall–Kier alpha value is -2.76. The van der Waals surface area contributed by atoms with E-state index in [1.165, 1.54) is 12.1 Å². The number of nitrogens with zero attached hydrogens (tertiary/aromatic N) is 2. The van der Waals surface area contributed by atoms with Gasteiger partial charge in [0.25, 0.3) is 0 Å². The summed E-state index contributed by atoms with van der Waals surface area (Å²) in [5.74, 6) is 1.04. The van der Waals surface area contributed by atoms with Crippen molar-refractivity contribution in [1.29, 1.82) is 0 Å². The van der Waals surface area contributed by atoms with Crippen LogP contribution in [0.4, 0.5) is 10.5 Å². The average Bonchev–Trinajstić information content (AvgIpc) is 3.43. The smallest absolute Gasteiger partial charge is 0.315 e. The van der Waals surface area contributed by atoms with Gasteiger partial charge in [-0.15, -0.1) is 0 Å². The van der Waals surface area contributed by atoms with Crippen LogP contribution in [0.5, 0.6) is 0 Å². The van der Waals surface area contributed by atoms with Gasteiger partial charge >= 0.3 is 6.03 Å². The van der Waals surface area contributed by atoms with Crippen LogP contribution in [-0.2, 0) is 27.8 Å². The van der Waals surface area contributed by atoms with E-state index < -0.39 is 10.0 Å². The molecule has 2 heterocycles. The number of carbonyl (C=O) groups is 2. The van der Waals surface area contributed by atoms with Crippen LogP contribution >= 0.6 is 11.8 Å². The van der Waals surface area contributed by atoms with Crippen LogP contribution in [0.2, 0.25) is 0 Å². The molecular formula is C27H37N5O4S2. The molecule has 0 aromatic heterocycles. The summed E-state index contributed by atoms with van der Waals surface area (Å²) >= 11 is 1.89. The highest BCUT2D eigenvalue weighted by atomic mass is 32.2. The molecule has 0 aliphatic carbocycles. The first kappa shape index (κ1) is 28.3. The summed E-state index contributed by atoms with van der Waals surface area (Å²) in [5, 5.41) is 11.6. The van der Waals surface area contributed by atoms with Gasteiger partial charge in [0.2, 0.25) is 15.9 Å². The molecule has 2 aromatic rings. The molecule has 0 spiro atoms. The van der Waals surface area contributed by atoms with Crippen LogP contribution in [0.3, 0.4) is 0 Å². The lowest BCUT2D eigenvalue weighted by Crippen LogP contribution is -2.36. The molecule has 2 aromatic carbocycles. The van der Waals surface area contributed by atoms with Gasteiger partial charge in [0.05, 0.1) is 17.0 Å². The van der Waals surface area contributed by atoms with Gasteiger partial charge in [0, 0.05) is 50.3 Å². The Bertz CT molecular complexity index is 1220. The summed E-state index contributed by atoms with van der Waals surface area (Å²) in [4.78, 5) is 28.9. The topological polar surface area (TPSA) is 125 Å². The Morgan fingerprint density at radius 3 is 2.37 bits per heavy atom. The zero-order valence-electron chi connectivity index (χ0n) is 21.9. The Labute approximate surface area is 229 Å². The van der Waals surface area contributed by atoms with Crippen molar-refractivity contribution in [2.24, 2.45) is 5.14 Å². The van der Waals surface area contributed by atoms with Crippen molar-refractivity contribution in [2.45, 2.75) is 60.9 Å². The molecule has 0 saturated carbocycles. The Morgan fingerprint density at radius 1 is 1.03 bits per heavy atom. The van der Waals surface area contributed by atoms with E-state index in [-0.39, 0.29) is 28.9 Å². The number of urea groups is 1. The SMILES string of the molecule is CN(C)c1ccc(CN(CCc2ccc(S(N)(=O)=O)cc2)C(=O)CCCC[C@@H]2SC[C@@H]3NC(=O)N[C@@H]32)cc1. The van der Waals surface area contributed by atoms with Gasteiger partial charge < -0.3 is 20.4 Å². The second-order valence-electron chi connectivity index (χ2n) is 10.2. The minimum absolute atomic E-state index is 0.0750. The Balaban J connectivity index is 1.33. The number of nitrogens with two attached hydrogens (primary N) is 1. The number of thioether (sulfide) groups is 1. The molecule has 4 N–H and O–H groups in total. The lowest BCUT2D eigenvalue weighted by atomic mass is 10.0. The summed E-state index contributed by atoms with van der Waals surface area (Å²) in [7, 11) is 0.252. The predicted molar refractivity (Wildman–Crippen MR) is 152 cm³/mol. The number of hydrogen-bond acceptors (Lipinski definition) is 6. The van der Waals surface area contributed by atoms with Crippen LogP contribution in [0.1, 0.15) is 36.8 Å². The third kappa shape index (κ3) is 7.42. The molecule has 0 unspecified atom stereocenters. The van der Waals surface area contributed by atoms with E-state index in [2.05, 4.69) is 10.6 Å². The second-order valence-corrected chi connectivity index (χ2v) is 13.0. The number of primary sulfonamides is 1. The lowest BCUT2D eigenvalue weighted by molar-refractivity contribution is -0.131. The fraction of sp³-hybridized carbons (Fsp3) is 0.481. The molecular weight excluding hydrogens is 522 g/mol. The van der Waals surface area contributed by atoms with E-state index in [0.29, 0.717) is 31.2 Å². The summed E-state index contributed by atoms with van der Waals surface area (Å²) in [6, 6.07) is 15.0. The van der Waals surface area contributed by atoms with E-state index in [1.807, 2.05) is 59.9 Å². The van der Waals surface area contributed by atoms with E-state index in [1.54, 1.807) is 12.1 Å². The standard InChI is InChI=1S/C27H37N5O4S2/c1-31(2)21-11-7-20(8-12-21)17-32(16-15-19-9-13-22(14-10-19)38(28,35)36)25(33)6-4-3-5-24-26-23(18-37-24)29-27(34)30-26/h7-14,23-24,26H,3-6,15-18H2,1-2H3,(H2,28,35,36)(H2,29,30,34)/t23-,24-,26-/m0/s1. The molecule has 0 bridgehead atoms. The third-order valence-electron chi connectivity index (χ3n) is 7.17. The number of sulfonamides is 1. The molecule has 9 nitrogen and oxygen atoms in total. The fourth-order valence-corrected chi connectivity index (χ4v) is 7.00. The summed E-state index contributed by atoms with van der Waals surface area (Å²) in [5.41, 5.74) is 3.10. The quantitative estimate of drug-likeness (QED) is 0.271. The molecule has 2 aliphatic rings. The molecule has 4 rings (SSSR count). The average molecular weight is 560 g/mol. The van der Waals surface area contributed by atoms with Gasteiger partial charge in [0.15, 0.2) is 0 Å². The summed E-state index contributed by atoms with van der Waals surface area (Å²) in [6.45, 7) is 1.05. The van der Waals surface area contributed by atoms with Gasteiger partial charge in [-0.3, -0.25) is 4.79 Å². The van der Waals surface area contributed by atoms with Gasteiger partial charge in [-0.05, 0) is 54.7 Å². The molecule has 38 heavy (non-hydrogen) atoms. The summed E-state index contributed by atoms with van der Waals surface area (Å²) < 4.78 is 23.1. The highest BCUT2D eigenvalue weighted by Gasteiger charge is 2.42. The van der Waals surface area contributed by atoms with Gasteiger partial charge in [-0.25, -0.2) is 18.4 Å². The summed E-state index contributed by atoms with van der Waals surface area (Å²) in [6.07, 6.45) is 3.79. The number of hydrogen-bond donors (Lipinski definition) is 3. The van der Waals surface area contributed by atoms with Crippen LogP contribution < -0.4 is 20.7 Å². The molecule has 2 saturated heterocycles. The van der Waals surface area contributed by atoms with Crippen molar-refractivity contribution < 1.29 is 18.0 Å². The number of fused-ring (bicyclic) bond motifs is 1. The van der Waals surface area contributed by atoms with Gasteiger partial charge in [-0.2, -0.15) is 11.8 Å². The van der Waals surface area contributed by atoms with E-state index in [4.69, 9.17) is 5.14 Å². The maximum atomic E-state index is 13.3. The van der Waals surface area contributed by atoms with E-state index in [9.17, 15) is 18.0 Å². The van der Waals surface area contributed by atoms with Crippen LogP contribution in [0, 0.1) is 0 Å². The first-order valence-electron chi connectivity index (χ1n) is 12.9. The molecule has 2 fully saturated rings. The number of nitrogens with one attached hydrogen (secondary N) is 2. The van der Waals surface area contributed by atoms with Crippen molar-refractivity contribution >= 4 is 39.4 Å². The van der Waals surface area contributed by atoms with Crippen LogP contribution in [-0.4, -0.2) is 69.0 Å². The Morgan fingerprint density at radius 2 is 1.71 bits per heavy atom. The maximum Gasteiger partial charge on any atom is 0.315 e. The monoisotopic (exact) mass is 559 g/mol. The highest BCUT2D eigenvalue weighted by molar-refractivity contribution is 8.00. The molecule has 3 atom stereocenters. The zero-order valence-corrected chi connectivity index (χ0v) is 23.6. The molecule has 0 radical (unpaired) electrons. The largest absolute Gasteiger partial charge is 0.378 e. The van der Waals surface area contributed by atoms with Crippen LogP contribution in [0.25, 0.3) is 0 Å². The number of rotatable bonds is 12. The number of carbonyl (C=O) groups excluding carboxylic acids is 2. The molecule has 206 valence electrons. The molecule has 3 amide bonds. The normalized spacial score (nSPS) is 20.5. The van der Waals surface area contributed by atoms with Crippen molar-refractivity contribution in [3.05, 3.63) is 59.7 Å². The lowest BCUT2D eigenvalue weighted by Gasteiger charge is -2.24. The third-order valence-corrected chi connectivity index (χ3v) is 9.61. The number of amides is 3. The van der Waals surface area contributed by atoms with Crippen molar-refractivity contribution in [3.8, 4) is 0 Å². The van der Waals surface area contributed by atoms with Crippen molar-refractivity contribution in [3.63, 3.8) is 0 Å². The Kier molecular flexibility index (Phi) is 9.22. The fourth-order valence-electron chi connectivity index (χ4n) is 4.94. The maximum absolute atomic E-state index is 13.3. The highest BCUT2D eigenvalue weighted by Crippen LogP contribution is 2.33. The predicted octanol–water partition coefficient (Wildman–Crippen LogP) is 2.70.